The van der Waals surface area contributed by atoms with Crippen molar-refractivity contribution in [3.05, 3.63) is 59.2 Å². The summed E-state index contributed by atoms with van der Waals surface area (Å²) < 4.78 is 25.6. The fourth-order valence-corrected chi connectivity index (χ4v) is 4.19. The van der Waals surface area contributed by atoms with E-state index in [1.807, 2.05) is 0 Å². The van der Waals surface area contributed by atoms with Crippen LogP contribution in [0.5, 0.6) is 5.75 Å². The minimum atomic E-state index is -0.547. The summed E-state index contributed by atoms with van der Waals surface area (Å²) in [7, 11) is 0. The van der Waals surface area contributed by atoms with Crippen molar-refractivity contribution in [2.45, 2.75) is 31.8 Å². The van der Waals surface area contributed by atoms with Crippen LogP contribution in [-0.2, 0) is 17.7 Å². The lowest BCUT2D eigenvalue weighted by molar-refractivity contribution is 0.0694. The van der Waals surface area contributed by atoms with E-state index in [0.717, 1.165) is 29.5 Å². The van der Waals surface area contributed by atoms with Crippen LogP contribution >= 0.6 is 0 Å². The number of benzene rings is 1. The third-order valence-corrected chi connectivity index (χ3v) is 5.97. The maximum Gasteiger partial charge on any atom is 0.254 e. The number of pyridine rings is 1. The topological polar surface area (TPSA) is 124 Å². The predicted octanol–water partition coefficient (Wildman–Crippen LogP) is 2.72. The van der Waals surface area contributed by atoms with E-state index < -0.39 is 11.7 Å². The average Bonchev–Trinajstić information content (AvgIpc) is 3.34. The Morgan fingerprint density at radius 2 is 2.03 bits per heavy atom. The third-order valence-electron chi connectivity index (χ3n) is 5.97. The molecule has 0 atom stereocenters. The Hall–Kier alpha value is -3.79. The Bertz CT molecular complexity index is 1220. The molecule has 1 saturated heterocycles. The van der Waals surface area contributed by atoms with Crippen LogP contribution in [0.15, 0.2) is 36.7 Å². The number of nitrogens with zero attached hydrogens (tertiary/aromatic N) is 3. The van der Waals surface area contributed by atoms with Gasteiger partial charge in [-0.2, -0.15) is 0 Å². The van der Waals surface area contributed by atoms with Gasteiger partial charge in [0.2, 0.25) is 5.95 Å². The fourth-order valence-electron chi connectivity index (χ4n) is 4.19. The molecule has 4 N–H and O–H groups in total. The van der Waals surface area contributed by atoms with Crippen LogP contribution in [-0.4, -0.2) is 46.7 Å². The monoisotopic (exact) mass is 464 g/mol. The molecule has 2 aliphatic heterocycles. The predicted molar refractivity (Wildman–Crippen MR) is 124 cm³/mol. The van der Waals surface area contributed by atoms with Crippen LogP contribution in [0, 0.1) is 5.82 Å². The second-order valence-corrected chi connectivity index (χ2v) is 8.25. The Labute approximate surface area is 195 Å². The SMILES string of the molecule is Nc1nccc(-c2cnc(NCc3ccc(F)c(C(=O)NC4CCOCC4)c3)c3c2OCC3)n1. The highest BCUT2D eigenvalue weighted by Gasteiger charge is 2.24. The largest absolute Gasteiger partial charge is 0.492 e. The lowest BCUT2D eigenvalue weighted by Crippen LogP contribution is -2.39. The van der Waals surface area contributed by atoms with Gasteiger partial charge in [0.1, 0.15) is 17.4 Å². The zero-order valence-electron chi connectivity index (χ0n) is 18.5. The summed E-state index contributed by atoms with van der Waals surface area (Å²) >= 11 is 0. The number of rotatable bonds is 6. The first-order chi connectivity index (χ1) is 16.6. The number of halogens is 1. The van der Waals surface area contributed by atoms with E-state index in [9.17, 15) is 9.18 Å². The van der Waals surface area contributed by atoms with Crippen LogP contribution in [0.3, 0.4) is 0 Å². The first-order valence-electron chi connectivity index (χ1n) is 11.2. The molecular formula is C24H25FN6O3. The molecule has 34 heavy (non-hydrogen) atoms. The summed E-state index contributed by atoms with van der Waals surface area (Å²) in [6.07, 6.45) is 5.43. The molecule has 2 aliphatic rings. The number of nitrogen functional groups attached to an aromatic ring is 1. The molecule has 9 nitrogen and oxygen atoms in total. The van der Waals surface area contributed by atoms with Gasteiger partial charge in [0.15, 0.2) is 0 Å². The van der Waals surface area contributed by atoms with E-state index in [1.54, 1.807) is 30.6 Å². The molecule has 0 bridgehead atoms. The number of nitrogens with one attached hydrogen (secondary N) is 2. The number of carbonyl (C=O) groups excluding carboxylic acids is 1. The summed E-state index contributed by atoms with van der Waals surface area (Å²) in [6, 6.07) is 6.31. The highest BCUT2D eigenvalue weighted by Crippen LogP contribution is 2.39. The highest BCUT2D eigenvalue weighted by molar-refractivity contribution is 5.94. The lowest BCUT2D eigenvalue weighted by atomic mass is 10.1. The summed E-state index contributed by atoms with van der Waals surface area (Å²) in [6.45, 7) is 2.11. The number of anilines is 2. The zero-order chi connectivity index (χ0) is 23.5. The molecule has 1 aromatic carbocycles. The molecule has 10 heteroatoms. The minimum absolute atomic E-state index is 0.00188. The van der Waals surface area contributed by atoms with Crippen molar-refractivity contribution in [2.24, 2.45) is 0 Å². The van der Waals surface area contributed by atoms with Crippen LogP contribution in [0.1, 0.15) is 34.3 Å². The van der Waals surface area contributed by atoms with Gasteiger partial charge in [-0.25, -0.2) is 19.3 Å². The van der Waals surface area contributed by atoms with Gasteiger partial charge >= 0.3 is 0 Å². The number of fused-ring (bicyclic) bond motifs is 1. The van der Waals surface area contributed by atoms with E-state index in [-0.39, 0.29) is 17.6 Å². The van der Waals surface area contributed by atoms with E-state index in [4.69, 9.17) is 15.2 Å². The van der Waals surface area contributed by atoms with Crippen LogP contribution in [0.25, 0.3) is 11.3 Å². The average molecular weight is 465 g/mol. The number of amides is 1. The smallest absolute Gasteiger partial charge is 0.254 e. The molecule has 4 heterocycles. The van der Waals surface area contributed by atoms with Gasteiger partial charge in [0, 0.05) is 50.2 Å². The molecule has 3 aromatic rings. The second-order valence-electron chi connectivity index (χ2n) is 8.25. The second kappa shape index (κ2) is 9.60. The quantitative estimate of drug-likeness (QED) is 0.509. The van der Waals surface area contributed by atoms with E-state index in [2.05, 4.69) is 25.6 Å². The molecule has 0 aliphatic carbocycles. The number of hydrogen-bond donors (Lipinski definition) is 3. The van der Waals surface area contributed by atoms with Crippen molar-refractivity contribution in [3.63, 3.8) is 0 Å². The number of ether oxygens (including phenoxy) is 2. The van der Waals surface area contributed by atoms with E-state index >= 15 is 0 Å². The minimum Gasteiger partial charge on any atom is -0.492 e. The fraction of sp³-hybridized carbons (Fsp3) is 0.333. The van der Waals surface area contributed by atoms with Gasteiger partial charge in [0.05, 0.1) is 23.4 Å². The lowest BCUT2D eigenvalue weighted by Gasteiger charge is -2.23. The Morgan fingerprint density at radius 3 is 2.85 bits per heavy atom. The van der Waals surface area contributed by atoms with Crippen LogP contribution < -0.4 is 21.1 Å². The maximum absolute atomic E-state index is 14.4. The molecule has 0 unspecified atom stereocenters. The van der Waals surface area contributed by atoms with Crippen molar-refractivity contribution in [1.82, 2.24) is 20.3 Å². The van der Waals surface area contributed by atoms with Gasteiger partial charge in [-0.1, -0.05) is 6.07 Å². The molecule has 2 aromatic heterocycles. The molecular weight excluding hydrogens is 439 g/mol. The van der Waals surface area contributed by atoms with Gasteiger partial charge in [-0.15, -0.1) is 0 Å². The summed E-state index contributed by atoms with van der Waals surface area (Å²) in [5.41, 5.74) is 8.85. The standard InChI is InChI=1S/C24H25FN6O3/c25-19-2-1-14(11-17(19)23(32)30-15-4-8-33-9-5-15)12-28-22-16-6-10-34-21(16)18(13-29-22)20-3-7-27-24(26)31-20/h1-3,7,11,13,15H,4-6,8-10,12H2,(H,28,29)(H,30,32)(H2,26,27,31). The Balaban J connectivity index is 1.32. The van der Waals surface area contributed by atoms with Crippen molar-refractivity contribution in [3.8, 4) is 17.0 Å². The molecule has 176 valence electrons. The number of nitrogens with two attached hydrogens (primary N) is 1. The first-order valence-corrected chi connectivity index (χ1v) is 11.2. The van der Waals surface area contributed by atoms with Crippen molar-refractivity contribution >= 4 is 17.7 Å². The zero-order valence-corrected chi connectivity index (χ0v) is 18.5. The summed E-state index contributed by atoms with van der Waals surface area (Å²) in [5, 5.41) is 6.21. The molecule has 0 radical (unpaired) electrons. The summed E-state index contributed by atoms with van der Waals surface area (Å²) in [4.78, 5) is 25.4. The molecule has 1 fully saturated rings. The Morgan fingerprint density at radius 1 is 1.18 bits per heavy atom. The highest BCUT2D eigenvalue weighted by atomic mass is 19.1. The molecule has 0 saturated carbocycles. The van der Waals surface area contributed by atoms with E-state index in [1.165, 1.54) is 6.07 Å². The van der Waals surface area contributed by atoms with Gasteiger partial charge in [-0.3, -0.25) is 4.79 Å². The molecule has 5 rings (SSSR count). The molecule has 0 spiro atoms. The normalized spacial score (nSPS) is 15.4. The van der Waals surface area contributed by atoms with Crippen molar-refractivity contribution < 1.29 is 18.7 Å². The van der Waals surface area contributed by atoms with Gasteiger partial charge in [0.25, 0.3) is 5.91 Å². The van der Waals surface area contributed by atoms with Crippen LogP contribution in [0.4, 0.5) is 16.2 Å². The van der Waals surface area contributed by atoms with Gasteiger partial charge < -0.3 is 25.8 Å². The van der Waals surface area contributed by atoms with Crippen LogP contribution in [0.2, 0.25) is 0 Å². The van der Waals surface area contributed by atoms with Crippen molar-refractivity contribution in [1.29, 1.82) is 0 Å². The van der Waals surface area contributed by atoms with Gasteiger partial charge in [-0.05, 0) is 36.6 Å². The van der Waals surface area contributed by atoms with E-state index in [0.29, 0.717) is 50.0 Å². The molecule has 1 amide bonds. The number of aromatic nitrogens is 3. The first kappa shape index (κ1) is 22.0. The van der Waals surface area contributed by atoms with Crippen molar-refractivity contribution in [2.75, 3.05) is 30.9 Å². The summed E-state index contributed by atoms with van der Waals surface area (Å²) in [5.74, 6) is 0.614. The number of hydrogen-bond acceptors (Lipinski definition) is 8. The maximum atomic E-state index is 14.4. The number of carbonyl (C=O) groups is 1. The third kappa shape index (κ3) is 4.62. The Kier molecular flexibility index (Phi) is 6.22.